The molecular weight excluding hydrogens is 471 g/mol. The van der Waals surface area contributed by atoms with Crippen LogP contribution in [0.4, 0.5) is 5.69 Å². The summed E-state index contributed by atoms with van der Waals surface area (Å²) in [6, 6.07) is 21.0. The van der Waals surface area contributed by atoms with Gasteiger partial charge in [0, 0.05) is 42.3 Å². The molecule has 0 spiro atoms. The van der Waals surface area contributed by atoms with Gasteiger partial charge in [-0.1, -0.05) is 23.7 Å². The van der Waals surface area contributed by atoms with Crippen molar-refractivity contribution < 1.29 is 21.2 Å². The zero-order chi connectivity index (χ0) is 24.1. The number of pyridine rings is 2. The Kier molecular flexibility index (Phi) is 7.21. The van der Waals surface area contributed by atoms with Gasteiger partial charge in [-0.05, 0) is 54.6 Å². The lowest BCUT2D eigenvalue weighted by Gasteiger charge is -2.16. The normalized spacial score (nSPS) is 10.6. The van der Waals surface area contributed by atoms with E-state index in [-0.39, 0.29) is 16.8 Å². The van der Waals surface area contributed by atoms with Crippen LogP contribution in [-0.2, 0) is 6.54 Å². The number of nitrogens with one attached hydrogen (secondary N) is 1. The summed E-state index contributed by atoms with van der Waals surface area (Å²) in [5, 5.41) is 3.66. The van der Waals surface area contributed by atoms with Gasteiger partial charge in [-0.3, -0.25) is 19.6 Å². The Morgan fingerprint density at radius 2 is 1.74 bits per heavy atom. The monoisotopic (exact) mass is 491 g/mol. The zero-order valence-corrected chi connectivity index (χ0v) is 19.8. The van der Waals surface area contributed by atoms with Crippen LogP contribution in [0.5, 0.6) is 0 Å². The molecule has 0 fully saturated rings. The molecule has 2 aromatic heterocycles. The fourth-order valence-electron chi connectivity index (χ4n) is 3.39. The van der Waals surface area contributed by atoms with E-state index >= 15 is 0 Å². The highest BCUT2D eigenvalue weighted by atomic mass is 35.5. The Morgan fingerprint density at radius 1 is 0.971 bits per heavy atom. The molecule has 0 aliphatic carbocycles. The van der Waals surface area contributed by atoms with Crippen molar-refractivity contribution in [2.75, 3.05) is 12.4 Å². The molecule has 8 heteroatoms. The molecule has 1 N–H and O–H groups in total. The largest absolute Gasteiger partial charge is 0.336 e. The SMILES string of the molecule is CN(Cc1ccccn1)C(=O)c1ccc(C(=O)Nc2ccc(Cl)c(-c3ccccn3)c2)c([ClH+])c1. The van der Waals surface area contributed by atoms with Crippen molar-refractivity contribution in [3.63, 3.8) is 0 Å². The Bertz CT molecular complexity index is 1330. The predicted molar refractivity (Wildman–Crippen MR) is 130 cm³/mol. The third kappa shape index (κ3) is 5.42. The molecule has 0 radical (unpaired) electrons. The van der Waals surface area contributed by atoms with E-state index in [0.717, 1.165) is 5.69 Å². The number of halogens is 2. The van der Waals surface area contributed by atoms with Gasteiger partial charge in [-0.15, -0.1) is 0 Å². The highest BCUT2D eigenvalue weighted by Crippen LogP contribution is 2.29. The van der Waals surface area contributed by atoms with Crippen molar-refractivity contribution in [2.45, 2.75) is 6.54 Å². The molecule has 0 bridgehead atoms. The Balaban J connectivity index is 1.49. The van der Waals surface area contributed by atoms with Crippen LogP contribution < -0.4 is 5.32 Å². The average Bonchev–Trinajstić information content (AvgIpc) is 2.85. The van der Waals surface area contributed by atoms with E-state index in [0.29, 0.717) is 39.6 Å². The lowest BCUT2D eigenvalue weighted by molar-refractivity contribution is -0.289. The summed E-state index contributed by atoms with van der Waals surface area (Å²) in [7, 11) is 1.69. The number of hydrogen-bond acceptors (Lipinski definition) is 4. The van der Waals surface area contributed by atoms with Crippen LogP contribution in [0.3, 0.4) is 0 Å². The molecule has 0 unspecified atom stereocenters. The summed E-state index contributed by atoms with van der Waals surface area (Å²) in [6.07, 6.45) is 3.36. The summed E-state index contributed by atoms with van der Waals surface area (Å²) in [6.45, 7) is 0.365. The fraction of sp³-hybridized carbons (Fsp3) is 0.0769. The third-order valence-corrected chi connectivity index (χ3v) is 5.78. The molecule has 2 amide bonds. The summed E-state index contributed by atoms with van der Waals surface area (Å²) in [5.74, 6) is -0.582. The van der Waals surface area contributed by atoms with Crippen molar-refractivity contribution >= 4 is 29.1 Å². The highest BCUT2D eigenvalue weighted by molar-refractivity contribution is 6.33. The molecule has 2 aromatic carbocycles. The lowest BCUT2D eigenvalue weighted by Crippen LogP contribution is -2.26. The summed E-state index contributed by atoms with van der Waals surface area (Å²) >= 11 is 11.7. The van der Waals surface area contributed by atoms with Gasteiger partial charge in [0.2, 0.25) is 5.02 Å². The van der Waals surface area contributed by atoms with Crippen molar-refractivity contribution in [3.8, 4) is 11.3 Å². The first-order valence-electron chi connectivity index (χ1n) is 10.4. The van der Waals surface area contributed by atoms with E-state index in [2.05, 4.69) is 15.3 Å². The minimum absolute atomic E-state index is 0.207. The number of carbonyl (C=O) groups excluding carboxylic acids is 2. The molecule has 0 aliphatic heterocycles. The molecule has 4 aromatic rings. The molecular formula is C26H21Cl2N4O2+. The van der Waals surface area contributed by atoms with E-state index < -0.39 is 0 Å². The van der Waals surface area contributed by atoms with E-state index in [1.54, 1.807) is 60.7 Å². The second-order valence-electron chi connectivity index (χ2n) is 7.56. The number of anilines is 1. The standard InChI is InChI=1S/C26H20Cl2N4O2/c1-32(16-19-6-2-4-12-29-19)26(34)17-8-10-20(23(28)14-17)25(33)31-18-9-11-22(27)21(15-18)24-7-3-5-13-30-24/h2-15,28H,16H2,1H3/p+1. The molecule has 0 atom stereocenters. The maximum atomic E-state index is 12.9. The molecule has 34 heavy (non-hydrogen) atoms. The van der Waals surface area contributed by atoms with Gasteiger partial charge < -0.3 is 10.2 Å². The molecule has 0 saturated carbocycles. The number of rotatable bonds is 6. The maximum Gasteiger partial charge on any atom is 0.261 e. The van der Waals surface area contributed by atoms with E-state index in [1.807, 2.05) is 36.4 Å². The van der Waals surface area contributed by atoms with Gasteiger partial charge in [0.05, 0.1) is 23.0 Å². The van der Waals surface area contributed by atoms with Gasteiger partial charge in [-0.2, -0.15) is 0 Å². The molecule has 170 valence electrons. The van der Waals surface area contributed by atoms with Crippen LogP contribution in [-0.4, -0.2) is 33.7 Å². The summed E-state index contributed by atoms with van der Waals surface area (Å²) in [5.41, 5.74) is 3.44. The van der Waals surface area contributed by atoms with E-state index in [4.69, 9.17) is 23.2 Å². The van der Waals surface area contributed by atoms with Crippen LogP contribution in [0.1, 0.15) is 26.4 Å². The first-order chi connectivity index (χ1) is 16.4. The van der Waals surface area contributed by atoms with Crippen LogP contribution in [0.25, 0.3) is 11.3 Å². The molecule has 0 saturated heterocycles. The van der Waals surface area contributed by atoms with Gasteiger partial charge >= 0.3 is 0 Å². The third-order valence-electron chi connectivity index (χ3n) is 5.11. The van der Waals surface area contributed by atoms with Gasteiger partial charge in [-0.25, -0.2) is 0 Å². The number of amides is 2. The number of nitrogens with zero attached hydrogens (tertiary/aromatic N) is 3. The van der Waals surface area contributed by atoms with E-state index in [1.165, 1.54) is 0 Å². The Hall–Kier alpha value is -3.74. The lowest BCUT2D eigenvalue weighted by atomic mass is 10.1. The van der Waals surface area contributed by atoms with Crippen LogP contribution in [0.2, 0.25) is 10.0 Å². The van der Waals surface area contributed by atoms with Crippen LogP contribution in [0.15, 0.2) is 85.2 Å². The van der Waals surface area contributed by atoms with Gasteiger partial charge in [0.1, 0.15) is 5.56 Å². The van der Waals surface area contributed by atoms with Gasteiger partial charge in [0.25, 0.3) is 11.8 Å². The summed E-state index contributed by atoms with van der Waals surface area (Å²) in [4.78, 5) is 35.8. The number of aromatic nitrogens is 2. The van der Waals surface area contributed by atoms with Crippen molar-refractivity contribution in [3.05, 3.63) is 112 Å². The minimum Gasteiger partial charge on any atom is -0.336 e. The topological polar surface area (TPSA) is 75.2 Å². The maximum absolute atomic E-state index is 12.9. The average molecular weight is 492 g/mol. The number of benzene rings is 2. The fourth-order valence-corrected chi connectivity index (χ4v) is 3.89. The van der Waals surface area contributed by atoms with E-state index in [9.17, 15) is 9.59 Å². The minimum atomic E-state index is -0.375. The summed E-state index contributed by atoms with van der Waals surface area (Å²) < 4.78 is 0. The molecule has 6 nitrogen and oxygen atoms in total. The van der Waals surface area contributed by atoms with Gasteiger partial charge in [0.15, 0.2) is 11.6 Å². The van der Waals surface area contributed by atoms with Crippen molar-refractivity contribution in [1.29, 1.82) is 0 Å². The first-order valence-corrected chi connectivity index (χ1v) is 11.2. The molecule has 4 rings (SSSR count). The number of carbonyl (C=O) groups is 2. The quantitative estimate of drug-likeness (QED) is 0.410. The number of hydrogen-bond donors (Lipinski definition) is 1. The molecule has 2 heterocycles. The second-order valence-corrected chi connectivity index (χ2v) is 8.40. The Labute approximate surface area is 207 Å². The van der Waals surface area contributed by atoms with Crippen molar-refractivity contribution in [1.82, 2.24) is 14.9 Å². The smallest absolute Gasteiger partial charge is 0.261 e. The van der Waals surface area contributed by atoms with Crippen LogP contribution >= 0.6 is 11.6 Å². The highest BCUT2D eigenvalue weighted by Gasteiger charge is 2.21. The molecule has 0 aliphatic rings. The Morgan fingerprint density at radius 3 is 2.41 bits per heavy atom. The van der Waals surface area contributed by atoms with Crippen LogP contribution in [0, 0.1) is 11.6 Å². The first kappa shape index (κ1) is 23.4. The second kappa shape index (κ2) is 10.5. The zero-order valence-electron chi connectivity index (χ0n) is 18.2. The van der Waals surface area contributed by atoms with Crippen molar-refractivity contribution in [2.24, 2.45) is 0 Å². The predicted octanol–water partition coefficient (Wildman–Crippen LogP) is 5.02.